The number of azo groups is 1. The Morgan fingerprint density at radius 2 is 1.92 bits per heavy atom. The Labute approximate surface area is 147 Å². The molecular formula is C17H22N4O3S. The first-order chi connectivity index (χ1) is 11.7. The van der Waals surface area contributed by atoms with Crippen LogP contribution in [0.4, 0.5) is 0 Å². The molecule has 3 aliphatic heterocycles. The van der Waals surface area contributed by atoms with Crippen molar-refractivity contribution in [1.29, 1.82) is 0 Å². The summed E-state index contributed by atoms with van der Waals surface area (Å²) in [5.41, 5.74) is 2.09. The van der Waals surface area contributed by atoms with E-state index in [4.69, 9.17) is 0 Å². The Hall–Kier alpha value is -1.54. The van der Waals surface area contributed by atoms with Gasteiger partial charge in [-0.2, -0.15) is 9.42 Å². The van der Waals surface area contributed by atoms with Crippen LogP contribution in [0.2, 0.25) is 0 Å². The highest BCUT2D eigenvalue weighted by Crippen LogP contribution is 2.55. The predicted molar refractivity (Wildman–Crippen MR) is 90.9 cm³/mol. The molecular weight excluding hydrogens is 340 g/mol. The lowest BCUT2D eigenvalue weighted by atomic mass is 9.60. The smallest absolute Gasteiger partial charge is 0.217 e. The summed E-state index contributed by atoms with van der Waals surface area (Å²) in [5, 5.41) is 11.5. The van der Waals surface area contributed by atoms with Crippen molar-refractivity contribution >= 4 is 15.8 Å². The average Bonchev–Trinajstić information content (AvgIpc) is 3.21. The molecule has 134 valence electrons. The standard InChI is InChI=1S/C17H22N4O3S/c1-16(2)5-12-14(13(22)6-16)17(11-7-18-20-15(11)19-12)8-21(9-17)25(23,24)10-3-4-10/h10,19H,3-9H2,1-2H3. The lowest BCUT2D eigenvalue weighted by molar-refractivity contribution is -0.120. The second-order valence-electron chi connectivity index (χ2n) is 8.74. The molecule has 1 saturated carbocycles. The number of ketones is 1. The third-order valence-electron chi connectivity index (χ3n) is 6.08. The second-order valence-corrected chi connectivity index (χ2v) is 11.0. The van der Waals surface area contributed by atoms with E-state index in [1.807, 2.05) is 0 Å². The quantitative estimate of drug-likeness (QED) is 0.809. The molecule has 5 rings (SSSR count). The van der Waals surface area contributed by atoms with Crippen LogP contribution < -0.4 is 5.32 Å². The van der Waals surface area contributed by atoms with Crippen molar-refractivity contribution in [3.63, 3.8) is 0 Å². The van der Waals surface area contributed by atoms with Crippen LogP contribution in [0.5, 0.6) is 0 Å². The number of carbonyl (C=O) groups is 1. The minimum Gasteiger partial charge on any atom is -0.342 e. The van der Waals surface area contributed by atoms with Gasteiger partial charge in [-0.25, -0.2) is 8.42 Å². The van der Waals surface area contributed by atoms with Gasteiger partial charge in [-0.15, -0.1) is 5.11 Å². The maximum absolute atomic E-state index is 13.0. The summed E-state index contributed by atoms with van der Waals surface area (Å²) in [7, 11) is -3.22. The summed E-state index contributed by atoms with van der Waals surface area (Å²) in [4.78, 5) is 13.0. The summed E-state index contributed by atoms with van der Waals surface area (Å²) >= 11 is 0. The monoisotopic (exact) mass is 362 g/mol. The van der Waals surface area contributed by atoms with Crippen LogP contribution in [0.1, 0.15) is 39.5 Å². The van der Waals surface area contributed by atoms with Gasteiger partial charge in [0.25, 0.3) is 0 Å². The van der Waals surface area contributed by atoms with Crippen molar-refractivity contribution in [1.82, 2.24) is 9.62 Å². The van der Waals surface area contributed by atoms with Crippen molar-refractivity contribution < 1.29 is 13.2 Å². The Kier molecular flexibility index (Phi) is 2.88. The molecule has 5 aliphatic rings. The molecule has 2 fully saturated rings. The van der Waals surface area contributed by atoms with Crippen molar-refractivity contribution in [2.24, 2.45) is 21.1 Å². The van der Waals surface area contributed by atoms with Gasteiger partial charge in [0.1, 0.15) is 0 Å². The molecule has 1 saturated heterocycles. The van der Waals surface area contributed by atoms with E-state index in [2.05, 4.69) is 29.4 Å². The maximum Gasteiger partial charge on any atom is 0.217 e. The molecule has 1 N–H and O–H groups in total. The number of hydrogen-bond donors (Lipinski definition) is 1. The third-order valence-corrected chi connectivity index (χ3v) is 8.38. The van der Waals surface area contributed by atoms with E-state index in [1.54, 1.807) is 4.31 Å². The molecule has 25 heavy (non-hydrogen) atoms. The van der Waals surface area contributed by atoms with Crippen LogP contribution >= 0.6 is 0 Å². The normalized spacial score (nSPS) is 30.2. The summed E-state index contributed by atoms with van der Waals surface area (Å²) in [6.45, 7) is 5.36. The predicted octanol–water partition coefficient (Wildman–Crippen LogP) is 1.70. The fourth-order valence-electron chi connectivity index (χ4n) is 4.73. The minimum absolute atomic E-state index is 0.0958. The number of hydrogen-bond acceptors (Lipinski definition) is 6. The van der Waals surface area contributed by atoms with Crippen LogP contribution in [0.25, 0.3) is 0 Å². The first-order valence-corrected chi connectivity index (χ1v) is 10.4. The highest BCUT2D eigenvalue weighted by molar-refractivity contribution is 7.90. The number of rotatable bonds is 2. The molecule has 0 unspecified atom stereocenters. The fraction of sp³-hybridized carbons (Fsp3) is 0.706. The molecule has 3 heterocycles. The number of nitrogens with zero attached hydrogens (tertiary/aromatic N) is 3. The lowest BCUT2D eigenvalue weighted by Gasteiger charge is -2.54. The molecule has 0 aromatic heterocycles. The number of fused-ring (bicyclic) bond motifs is 2. The lowest BCUT2D eigenvalue weighted by Crippen LogP contribution is -2.64. The van der Waals surface area contributed by atoms with E-state index < -0.39 is 15.4 Å². The van der Waals surface area contributed by atoms with E-state index in [-0.39, 0.29) is 16.4 Å². The molecule has 0 aromatic rings. The minimum atomic E-state index is -3.22. The van der Waals surface area contributed by atoms with Crippen molar-refractivity contribution in [2.45, 2.75) is 44.8 Å². The van der Waals surface area contributed by atoms with Crippen molar-refractivity contribution in [3.8, 4) is 0 Å². The number of nitrogens with one attached hydrogen (secondary N) is 1. The molecule has 0 atom stereocenters. The Morgan fingerprint density at radius 1 is 1.20 bits per heavy atom. The van der Waals surface area contributed by atoms with Crippen LogP contribution in [0, 0.1) is 10.8 Å². The summed E-state index contributed by atoms with van der Waals surface area (Å²) < 4.78 is 26.7. The zero-order chi connectivity index (χ0) is 17.6. The van der Waals surface area contributed by atoms with E-state index in [9.17, 15) is 13.2 Å². The SMILES string of the molecule is CC1(C)CC(=O)C2=C(C1)NC1=C(CN=N1)C21CN(S(=O)(=O)C2CC2)C1. The van der Waals surface area contributed by atoms with Gasteiger partial charge in [-0.05, 0) is 24.7 Å². The number of carbonyl (C=O) groups excluding carboxylic acids is 1. The highest BCUT2D eigenvalue weighted by Gasteiger charge is 2.60. The average molecular weight is 362 g/mol. The van der Waals surface area contributed by atoms with Gasteiger partial charge in [0.2, 0.25) is 10.0 Å². The molecule has 8 heteroatoms. The van der Waals surface area contributed by atoms with Crippen molar-refractivity contribution in [3.05, 3.63) is 22.7 Å². The Morgan fingerprint density at radius 3 is 2.60 bits per heavy atom. The van der Waals surface area contributed by atoms with E-state index >= 15 is 0 Å². The maximum atomic E-state index is 13.0. The van der Waals surface area contributed by atoms with Gasteiger partial charge in [0.15, 0.2) is 11.6 Å². The molecule has 7 nitrogen and oxygen atoms in total. The number of sulfonamides is 1. The summed E-state index contributed by atoms with van der Waals surface area (Å²) in [6.07, 6.45) is 2.79. The van der Waals surface area contributed by atoms with Gasteiger partial charge >= 0.3 is 0 Å². The second kappa shape index (κ2) is 4.59. The molecule has 0 radical (unpaired) electrons. The molecule has 1 spiro atoms. The zero-order valence-electron chi connectivity index (χ0n) is 14.5. The molecule has 2 aliphatic carbocycles. The summed E-state index contributed by atoms with van der Waals surface area (Å²) in [5.74, 6) is 0.869. The Balaban J connectivity index is 1.56. The largest absolute Gasteiger partial charge is 0.342 e. The number of dihydropyridines is 1. The number of allylic oxidation sites excluding steroid dienone is 1. The molecule has 0 amide bonds. The van der Waals surface area contributed by atoms with Crippen molar-refractivity contribution in [2.75, 3.05) is 19.6 Å². The van der Waals surface area contributed by atoms with Gasteiger partial charge < -0.3 is 5.32 Å². The van der Waals surface area contributed by atoms with Crippen LogP contribution in [-0.2, 0) is 14.8 Å². The zero-order valence-corrected chi connectivity index (χ0v) is 15.3. The first-order valence-electron chi connectivity index (χ1n) is 8.87. The highest BCUT2D eigenvalue weighted by atomic mass is 32.2. The Bertz CT molecular complexity index is 887. The van der Waals surface area contributed by atoms with Crippen LogP contribution in [0.15, 0.2) is 32.9 Å². The first kappa shape index (κ1) is 15.7. The van der Waals surface area contributed by atoms with E-state index in [0.29, 0.717) is 26.1 Å². The summed E-state index contributed by atoms with van der Waals surface area (Å²) in [6, 6.07) is 0. The third kappa shape index (κ3) is 2.07. The van der Waals surface area contributed by atoms with Gasteiger partial charge in [0.05, 0.1) is 17.2 Å². The van der Waals surface area contributed by atoms with Gasteiger partial charge in [0, 0.05) is 36.4 Å². The van der Waals surface area contributed by atoms with E-state index in [0.717, 1.165) is 41.9 Å². The number of Topliss-reactive ketones (excluding diaryl/α,β-unsaturated/α-hetero) is 1. The van der Waals surface area contributed by atoms with Gasteiger partial charge in [-0.1, -0.05) is 13.8 Å². The van der Waals surface area contributed by atoms with Crippen LogP contribution in [0.3, 0.4) is 0 Å². The topological polar surface area (TPSA) is 91.2 Å². The molecule has 0 aromatic carbocycles. The molecule has 0 bridgehead atoms. The van der Waals surface area contributed by atoms with Gasteiger partial charge in [-0.3, -0.25) is 4.79 Å². The van der Waals surface area contributed by atoms with E-state index in [1.165, 1.54) is 0 Å². The van der Waals surface area contributed by atoms with Crippen LogP contribution in [-0.4, -0.2) is 43.4 Å². The fourth-order valence-corrected chi connectivity index (χ4v) is 6.68.